The highest BCUT2D eigenvalue weighted by molar-refractivity contribution is 5.99. The summed E-state index contributed by atoms with van der Waals surface area (Å²) in [6.07, 6.45) is -5.40. The van der Waals surface area contributed by atoms with Crippen LogP contribution in [0.15, 0.2) is 42.5 Å². The largest absolute Gasteiger partial charge is 0.478 e. The predicted octanol–water partition coefficient (Wildman–Crippen LogP) is 3.93. The summed E-state index contributed by atoms with van der Waals surface area (Å²) in [5, 5.41) is 10.9. The Kier molecular flexibility index (Phi) is 4.31. The minimum Gasteiger partial charge on any atom is -0.478 e. The number of anilines is 1. The molecule has 1 aliphatic rings. The quantitative estimate of drug-likeness (QED) is 0.610. The molecule has 26 heavy (non-hydrogen) atoms. The van der Waals surface area contributed by atoms with Gasteiger partial charge in [-0.2, -0.15) is 13.2 Å². The van der Waals surface area contributed by atoms with E-state index in [2.05, 4.69) is 0 Å². The Balaban J connectivity index is 1.98. The van der Waals surface area contributed by atoms with E-state index in [4.69, 9.17) is 4.74 Å². The van der Waals surface area contributed by atoms with Crippen LogP contribution < -0.4 is 9.64 Å². The molecule has 2 aromatic rings. The van der Waals surface area contributed by atoms with E-state index in [0.717, 1.165) is 12.1 Å². The molecule has 2 aromatic carbocycles. The third-order valence-electron chi connectivity index (χ3n) is 3.96. The standard InChI is InChI=1S/C17H13F3N2O4/c1-10-16(23)21(9-11-3-2-4-12(7-11)17(18,19)20)14-6-5-13(22(24)25)8-15(14)26-10/h2-8,10H,9H2,1H3. The molecule has 0 aromatic heterocycles. The Bertz CT molecular complexity index is 883. The number of amides is 1. The van der Waals surface area contributed by atoms with Crippen molar-refractivity contribution < 1.29 is 27.6 Å². The molecule has 0 bridgehead atoms. The van der Waals surface area contributed by atoms with Crippen molar-refractivity contribution in [1.29, 1.82) is 0 Å². The van der Waals surface area contributed by atoms with Gasteiger partial charge in [-0.3, -0.25) is 14.9 Å². The number of nitro groups is 1. The first kappa shape index (κ1) is 17.7. The Morgan fingerprint density at radius 3 is 2.62 bits per heavy atom. The molecule has 1 atom stereocenters. The van der Waals surface area contributed by atoms with Crippen molar-refractivity contribution >= 4 is 17.3 Å². The summed E-state index contributed by atoms with van der Waals surface area (Å²) in [6, 6.07) is 8.42. The van der Waals surface area contributed by atoms with Crippen molar-refractivity contribution in [1.82, 2.24) is 0 Å². The lowest BCUT2D eigenvalue weighted by molar-refractivity contribution is -0.384. The molecule has 1 unspecified atom stereocenters. The molecule has 0 spiro atoms. The molecule has 0 saturated heterocycles. The first-order valence-corrected chi connectivity index (χ1v) is 7.59. The molecule has 3 rings (SSSR count). The maximum absolute atomic E-state index is 12.9. The smallest absolute Gasteiger partial charge is 0.416 e. The van der Waals surface area contributed by atoms with Crippen molar-refractivity contribution in [3.8, 4) is 5.75 Å². The Hall–Kier alpha value is -3.10. The Morgan fingerprint density at radius 2 is 1.96 bits per heavy atom. The number of nitrogens with zero attached hydrogens (tertiary/aromatic N) is 2. The molecule has 6 nitrogen and oxygen atoms in total. The van der Waals surface area contributed by atoms with Crippen LogP contribution >= 0.6 is 0 Å². The van der Waals surface area contributed by atoms with E-state index < -0.39 is 28.7 Å². The second-order valence-corrected chi connectivity index (χ2v) is 5.79. The van der Waals surface area contributed by atoms with Crippen LogP contribution in [0.4, 0.5) is 24.5 Å². The van der Waals surface area contributed by atoms with Crippen molar-refractivity contribution in [3.63, 3.8) is 0 Å². The van der Waals surface area contributed by atoms with Gasteiger partial charge in [0.05, 0.1) is 28.8 Å². The fraction of sp³-hybridized carbons (Fsp3) is 0.235. The summed E-state index contributed by atoms with van der Waals surface area (Å²) in [5.74, 6) is -0.304. The van der Waals surface area contributed by atoms with Gasteiger partial charge in [-0.15, -0.1) is 0 Å². The van der Waals surface area contributed by atoms with Crippen LogP contribution in [0.3, 0.4) is 0 Å². The van der Waals surface area contributed by atoms with Crippen molar-refractivity contribution in [2.75, 3.05) is 4.90 Å². The average Bonchev–Trinajstić information content (AvgIpc) is 2.58. The van der Waals surface area contributed by atoms with E-state index >= 15 is 0 Å². The van der Waals surface area contributed by atoms with E-state index in [-0.39, 0.29) is 29.2 Å². The highest BCUT2D eigenvalue weighted by Gasteiger charge is 2.34. The normalized spacial score (nSPS) is 16.8. The number of fused-ring (bicyclic) bond motifs is 1. The van der Waals surface area contributed by atoms with Gasteiger partial charge in [0.25, 0.3) is 11.6 Å². The van der Waals surface area contributed by atoms with E-state index in [1.165, 1.54) is 42.2 Å². The summed E-state index contributed by atoms with van der Waals surface area (Å²) < 4.78 is 44.0. The maximum Gasteiger partial charge on any atom is 0.416 e. The summed E-state index contributed by atoms with van der Waals surface area (Å²) in [5.41, 5.74) is -0.459. The lowest BCUT2D eigenvalue weighted by atomic mass is 10.1. The molecule has 136 valence electrons. The SMILES string of the molecule is CC1Oc2cc([N+](=O)[O-])ccc2N(Cc2cccc(C(F)(F)F)c2)C1=O. The number of hydrogen-bond donors (Lipinski definition) is 0. The molecule has 9 heteroatoms. The molecule has 0 N–H and O–H groups in total. The zero-order chi connectivity index (χ0) is 19.1. The van der Waals surface area contributed by atoms with Gasteiger partial charge in [-0.1, -0.05) is 12.1 Å². The third-order valence-corrected chi connectivity index (χ3v) is 3.96. The topological polar surface area (TPSA) is 72.7 Å². The highest BCUT2D eigenvalue weighted by atomic mass is 19.4. The number of carbonyl (C=O) groups excluding carboxylic acids is 1. The molecule has 1 aliphatic heterocycles. The fourth-order valence-corrected chi connectivity index (χ4v) is 2.70. The first-order valence-electron chi connectivity index (χ1n) is 7.59. The second kappa shape index (κ2) is 6.32. The minimum absolute atomic E-state index is 0.110. The molecule has 1 heterocycles. The minimum atomic E-state index is -4.49. The van der Waals surface area contributed by atoms with Gasteiger partial charge in [0.1, 0.15) is 0 Å². The van der Waals surface area contributed by atoms with Crippen molar-refractivity contribution in [2.24, 2.45) is 0 Å². The number of benzene rings is 2. The van der Waals surface area contributed by atoms with E-state index in [1.54, 1.807) is 0 Å². The van der Waals surface area contributed by atoms with Crippen LogP contribution in [0.2, 0.25) is 0 Å². The Morgan fingerprint density at radius 1 is 1.23 bits per heavy atom. The summed E-state index contributed by atoms with van der Waals surface area (Å²) in [4.78, 5) is 24.0. The number of hydrogen-bond acceptors (Lipinski definition) is 4. The zero-order valence-electron chi connectivity index (χ0n) is 13.5. The number of halogens is 3. The number of ether oxygens (including phenoxy) is 1. The molecule has 0 radical (unpaired) electrons. The van der Waals surface area contributed by atoms with E-state index in [9.17, 15) is 28.1 Å². The van der Waals surface area contributed by atoms with Gasteiger partial charge < -0.3 is 9.64 Å². The average molecular weight is 366 g/mol. The van der Waals surface area contributed by atoms with Crippen molar-refractivity contribution in [3.05, 3.63) is 63.7 Å². The van der Waals surface area contributed by atoms with Gasteiger partial charge in [-0.25, -0.2) is 0 Å². The molecule has 0 fully saturated rings. The predicted molar refractivity (Wildman–Crippen MR) is 85.8 cm³/mol. The van der Waals surface area contributed by atoms with Gasteiger partial charge in [0.2, 0.25) is 0 Å². The lowest BCUT2D eigenvalue weighted by Gasteiger charge is -2.33. The van der Waals surface area contributed by atoms with Gasteiger partial charge in [0.15, 0.2) is 11.9 Å². The van der Waals surface area contributed by atoms with Gasteiger partial charge in [-0.05, 0) is 30.7 Å². The van der Waals surface area contributed by atoms with Gasteiger partial charge in [0, 0.05) is 6.07 Å². The summed E-state index contributed by atoms with van der Waals surface area (Å²) >= 11 is 0. The van der Waals surface area contributed by atoms with Crippen molar-refractivity contribution in [2.45, 2.75) is 25.7 Å². The number of carbonyl (C=O) groups is 1. The summed E-state index contributed by atoms with van der Waals surface area (Å²) in [6.45, 7) is 1.37. The van der Waals surface area contributed by atoms with Crippen LogP contribution in [-0.4, -0.2) is 16.9 Å². The van der Waals surface area contributed by atoms with E-state index in [0.29, 0.717) is 0 Å². The lowest BCUT2D eigenvalue weighted by Crippen LogP contribution is -2.44. The molecular formula is C17H13F3N2O4. The summed E-state index contributed by atoms with van der Waals surface area (Å²) in [7, 11) is 0. The van der Waals surface area contributed by atoms with Crippen LogP contribution in [0.25, 0.3) is 0 Å². The van der Waals surface area contributed by atoms with Crippen LogP contribution in [0, 0.1) is 10.1 Å². The van der Waals surface area contributed by atoms with Crippen LogP contribution in [-0.2, 0) is 17.5 Å². The highest BCUT2D eigenvalue weighted by Crippen LogP contribution is 2.38. The maximum atomic E-state index is 12.9. The number of rotatable bonds is 3. The van der Waals surface area contributed by atoms with Crippen LogP contribution in [0.1, 0.15) is 18.1 Å². The fourth-order valence-electron chi connectivity index (χ4n) is 2.70. The molecule has 1 amide bonds. The van der Waals surface area contributed by atoms with Gasteiger partial charge >= 0.3 is 6.18 Å². The molecule has 0 aliphatic carbocycles. The third kappa shape index (κ3) is 3.32. The Labute approximate surface area is 145 Å². The number of alkyl halides is 3. The van der Waals surface area contributed by atoms with E-state index in [1.807, 2.05) is 0 Å². The number of nitro benzene ring substituents is 1. The first-order chi connectivity index (χ1) is 12.2. The molecule has 0 saturated carbocycles. The number of non-ortho nitro benzene ring substituents is 1. The van der Waals surface area contributed by atoms with Crippen LogP contribution in [0.5, 0.6) is 5.75 Å². The second-order valence-electron chi connectivity index (χ2n) is 5.79. The monoisotopic (exact) mass is 366 g/mol. The molecular weight excluding hydrogens is 353 g/mol. The zero-order valence-corrected chi connectivity index (χ0v) is 13.5.